The SMILES string of the molecule is CCc1ccccc1NC(=O)CSC1=N[C@H]2CS(=O)(=O)C[C@H]2N1c1cc(Cl)cc(Cl)c1. The second kappa shape index (κ2) is 9.02. The average Bonchev–Trinajstić information content (AvgIpc) is 3.17. The number of anilines is 2. The zero-order chi connectivity index (χ0) is 22.2. The molecule has 1 amide bonds. The van der Waals surface area contributed by atoms with E-state index in [0.717, 1.165) is 17.7 Å². The van der Waals surface area contributed by atoms with E-state index in [1.165, 1.54) is 11.8 Å². The molecule has 1 N–H and O–H groups in total. The van der Waals surface area contributed by atoms with Crippen LogP contribution in [0.5, 0.6) is 0 Å². The number of nitrogens with one attached hydrogen (secondary N) is 1. The second-order valence-electron chi connectivity index (χ2n) is 7.47. The van der Waals surface area contributed by atoms with Gasteiger partial charge in [-0.25, -0.2) is 8.42 Å². The highest BCUT2D eigenvalue weighted by atomic mass is 35.5. The Bertz CT molecular complexity index is 1130. The van der Waals surface area contributed by atoms with E-state index in [4.69, 9.17) is 23.2 Å². The summed E-state index contributed by atoms with van der Waals surface area (Å²) in [6.07, 6.45) is 0.817. The Morgan fingerprint density at radius 2 is 1.90 bits per heavy atom. The number of carbonyl (C=O) groups is 1. The van der Waals surface area contributed by atoms with Gasteiger partial charge in [0.2, 0.25) is 5.91 Å². The highest BCUT2D eigenvalue weighted by Crippen LogP contribution is 2.37. The van der Waals surface area contributed by atoms with E-state index in [2.05, 4.69) is 10.3 Å². The molecule has 164 valence electrons. The number of rotatable bonds is 5. The largest absolute Gasteiger partial charge is 0.325 e. The fraction of sp³-hybridized carbons (Fsp3) is 0.333. The second-order valence-corrected chi connectivity index (χ2v) is 11.4. The Balaban J connectivity index is 1.53. The van der Waals surface area contributed by atoms with Gasteiger partial charge >= 0.3 is 0 Å². The van der Waals surface area contributed by atoms with Crippen molar-refractivity contribution in [2.45, 2.75) is 25.4 Å². The van der Waals surface area contributed by atoms with Crippen molar-refractivity contribution in [3.63, 3.8) is 0 Å². The maximum Gasteiger partial charge on any atom is 0.234 e. The molecule has 2 aromatic rings. The van der Waals surface area contributed by atoms with E-state index in [0.29, 0.717) is 20.9 Å². The van der Waals surface area contributed by atoms with Crippen LogP contribution in [0.1, 0.15) is 12.5 Å². The smallest absolute Gasteiger partial charge is 0.234 e. The number of fused-ring (bicyclic) bond motifs is 1. The molecule has 0 radical (unpaired) electrons. The number of aliphatic imine (C=N–C) groups is 1. The van der Waals surface area contributed by atoms with Gasteiger partial charge in [0.15, 0.2) is 15.0 Å². The molecule has 0 spiro atoms. The summed E-state index contributed by atoms with van der Waals surface area (Å²) in [5.41, 5.74) is 2.53. The van der Waals surface area contributed by atoms with Crippen molar-refractivity contribution in [3.05, 3.63) is 58.1 Å². The molecule has 6 nitrogen and oxygen atoms in total. The minimum atomic E-state index is -3.17. The van der Waals surface area contributed by atoms with Gasteiger partial charge in [-0.3, -0.25) is 9.79 Å². The summed E-state index contributed by atoms with van der Waals surface area (Å²) in [4.78, 5) is 19.1. The summed E-state index contributed by atoms with van der Waals surface area (Å²) < 4.78 is 24.3. The van der Waals surface area contributed by atoms with E-state index < -0.39 is 9.84 Å². The number of hydrogen-bond acceptors (Lipinski definition) is 6. The lowest BCUT2D eigenvalue weighted by atomic mass is 10.1. The van der Waals surface area contributed by atoms with Gasteiger partial charge in [0, 0.05) is 21.4 Å². The summed E-state index contributed by atoms with van der Waals surface area (Å²) in [5.74, 6) is 0.00406. The number of amidine groups is 1. The molecule has 0 aliphatic carbocycles. The first-order valence-electron chi connectivity index (χ1n) is 9.80. The van der Waals surface area contributed by atoms with E-state index in [1.54, 1.807) is 18.2 Å². The van der Waals surface area contributed by atoms with E-state index in [1.807, 2.05) is 36.1 Å². The van der Waals surface area contributed by atoms with E-state index >= 15 is 0 Å². The van der Waals surface area contributed by atoms with Gasteiger partial charge in [-0.15, -0.1) is 0 Å². The highest BCUT2D eigenvalue weighted by molar-refractivity contribution is 8.14. The van der Waals surface area contributed by atoms with E-state index in [9.17, 15) is 13.2 Å². The lowest BCUT2D eigenvalue weighted by Gasteiger charge is -2.26. The Morgan fingerprint density at radius 1 is 1.19 bits per heavy atom. The number of para-hydroxylation sites is 1. The predicted octanol–water partition coefficient (Wildman–Crippen LogP) is 4.27. The van der Waals surface area contributed by atoms with Gasteiger partial charge < -0.3 is 10.2 Å². The summed E-state index contributed by atoms with van der Waals surface area (Å²) in [5, 5.41) is 4.45. The molecule has 4 rings (SSSR count). The van der Waals surface area contributed by atoms with Gasteiger partial charge in [-0.2, -0.15) is 0 Å². The van der Waals surface area contributed by atoms with Crippen LogP contribution in [0.3, 0.4) is 0 Å². The van der Waals surface area contributed by atoms with Gasteiger partial charge in [0.25, 0.3) is 0 Å². The van der Waals surface area contributed by atoms with Crippen LogP contribution in [0.15, 0.2) is 47.5 Å². The van der Waals surface area contributed by atoms with Crippen molar-refractivity contribution in [2.75, 3.05) is 27.5 Å². The normalized spacial score (nSPS) is 21.6. The fourth-order valence-electron chi connectivity index (χ4n) is 3.88. The molecule has 0 unspecified atom stereocenters. The Morgan fingerprint density at radius 3 is 2.61 bits per heavy atom. The van der Waals surface area contributed by atoms with Crippen molar-refractivity contribution in [1.29, 1.82) is 0 Å². The lowest BCUT2D eigenvalue weighted by molar-refractivity contribution is -0.113. The van der Waals surface area contributed by atoms with Gasteiger partial charge in [0.05, 0.1) is 29.3 Å². The number of hydrogen-bond donors (Lipinski definition) is 1. The number of thioether (sulfide) groups is 1. The molecule has 1 fully saturated rings. The quantitative estimate of drug-likeness (QED) is 0.666. The molecule has 0 saturated carbocycles. The molecule has 2 aromatic carbocycles. The summed E-state index contributed by atoms with van der Waals surface area (Å²) in [6.45, 7) is 2.04. The molecular weight excluding hydrogens is 477 g/mol. The number of aryl methyl sites for hydroxylation is 1. The van der Waals surface area contributed by atoms with Crippen LogP contribution < -0.4 is 10.2 Å². The number of amides is 1. The molecule has 1 saturated heterocycles. The van der Waals surface area contributed by atoms with Crippen LogP contribution in [0, 0.1) is 0 Å². The van der Waals surface area contributed by atoms with Crippen LogP contribution in [0.2, 0.25) is 10.0 Å². The zero-order valence-corrected chi connectivity index (χ0v) is 19.9. The fourth-order valence-corrected chi connectivity index (χ4v) is 7.16. The molecule has 2 heterocycles. The van der Waals surface area contributed by atoms with Crippen molar-refractivity contribution in [3.8, 4) is 0 Å². The predicted molar refractivity (Wildman–Crippen MR) is 130 cm³/mol. The molecule has 2 aliphatic heterocycles. The van der Waals surface area contributed by atoms with Crippen LogP contribution in [-0.2, 0) is 21.1 Å². The van der Waals surface area contributed by atoms with Crippen molar-refractivity contribution >= 4 is 67.3 Å². The van der Waals surface area contributed by atoms with Crippen molar-refractivity contribution < 1.29 is 13.2 Å². The standard InChI is InChI=1S/C21H21Cl2N3O3S2/c1-2-13-5-3-4-6-17(13)24-20(27)10-30-21-25-18-11-31(28,29)12-19(18)26(21)16-8-14(22)7-15(23)9-16/h3-9,18-19H,2,10-12H2,1H3,(H,24,27)/t18-,19+/m0/s1. The van der Waals surface area contributed by atoms with Crippen LogP contribution in [0.25, 0.3) is 0 Å². The zero-order valence-electron chi connectivity index (χ0n) is 16.7. The van der Waals surface area contributed by atoms with Crippen LogP contribution >= 0.6 is 35.0 Å². The number of benzene rings is 2. The molecule has 10 heteroatoms. The summed E-state index contributed by atoms with van der Waals surface area (Å²) >= 11 is 13.6. The molecule has 2 aliphatic rings. The molecule has 31 heavy (non-hydrogen) atoms. The first-order valence-corrected chi connectivity index (χ1v) is 13.4. The van der Waals surface area contributed by atoms with Crippen LogP contribution in [0.4, 0.5) is 11.4 Å². The monoisotopic (exact) mass is 497 g/mol. The highest BCUT2D eigenvalue weighted by Gasteiger charge is 2.47. The van der Waals surface area contributed by atoms with Crippen molar-refractivity contribution in [2.24, 2.45) is 4.99 Å². The number of halogens is 2. The third-order valence-electron chi connectivity index (χ3n) is 5.24. The topological polar surface area (TPSA) is 78.8 Å². The molecule has 2 atom stereocenters. The maximum atomic E-state index is 12.6. The molecule has 0 aromatic heterocycles. The number of sulfone groups is 1. The van der Waals surface area contributed by atoms with Gasteiger partial charge in [-0.05, 0) is 36.2 Å². The first kappa shape index (κ1) is 22.5. The number of nitrogens with zero attached hydrogens (tertiary/aromatic N) is 2. The Hall–Kier alpha value is -1.74. The van der Waals surface area contributed by atoms with Crippen molar-refractivity contribution in [1.82, 2.24) is 0 Å². The Labute approximate surface area is 195 Å². The minimum Gasteiger partial charge on any atom is -0.325 e. The van der Waals surface area contributed by atoms with Crippen LogP contribution in [-0.4, -0.2) is 48.8 Å². The molecular formula is C21H21Cl2N3O3S2. The Kier molecular flexibility index (Phi) is 6.53. The third kappa shape index (κ3) is 5.03. The van der Waals surface area contributed by atoms with Gasteiger partial charge in [-0.1, -0.05) is 60.1 Å². The average molecular weight is 498 g/mol. The first-order chi connectivity index (χ1) is 14.8. The minimum absolute atomic E-state index is 0.00258. The maximum absolute atomic E-state index is 12.6. The summed E-state index contributed by atoms with van der Waals surface area (Å²) in [7, 11) is -3.17. The molecule has 0 bridgehead atoms. The lowest BCUT2D eigenvalue weighted by Crippen LogP contribution is -2.39. The van der Waals surface area contributed by atoms with E-state index in [-0.39, 0.29) is 35.2 Å². The third-order valence-corrected chi connectivity index (χ3v) is 8.34. The number of carbonyl (C=O) groups excluding carboxylic acids is 1. The summed E-state index contributed by atoms with van der Waals surface area (Å²) in [6, 6.07) is 12.1. The van der Waals surface area contributed by atoms with Gasteiger partial charge in [0.1, 0.15) is 0 Å².